The smallest absolute Gasteiger partial charge is 0.351 e. The number of nitrogens with two attached hydrogens (primary N) is 1. The van der Waals surface area contributed by atoms with Crippen molar-refractivity contribution in [1.29, 1.82) is 0 Å². The summed E-state index contributed by atoms with van der Waals surface area (Å²) in [6.07, 6.45) is 0. The van der Waals surface area contributed by atoms with Crippen molar-refractivity contribution in [2.45, 2.75) is 39.3 Å². The Balaban J connectivity index is 2.91. The Bertz CT molecular complexity index is 477. The van der Waals surface area contributed by atoms with Crippen molar-refractivity contribution in [3.63, 3.8) is 0 Å². The van der Waals surface area contributed by atoms with Crippen LogP contribution in [0.2, 0.25) is 19.6 Å². The first-order valence-corrected chi connectivity index (χ1v) is 12.2. The van der Waals surface area contributed by atoms with Gasteiger partial charge in [0, 0.05) is 0 Å². The molecule has 21 heavy (non-hydrogen) atoms. The summed E-state index contributed by atoms with van der Waals surface area (Å²) in [4.78, 5) is 0. The third kappa shape index (κ3) is 5.56. The highest BCUT2D eigenvalue weighted by molar-refractivity contribution is 7.54. The van der Waals surface area contributed by atoms with E-state index in [0.29, 0.717) is 18.8 Å². The SMILES string of the molecule is CCOP(=O)(OCC)[C@H](N)c1ccc(O[Si](C)(C)C)cc1. The van der Waals surface area contributed by atoms with Crippen LogP contribution in [0.25, 0.3) is 0 Å². The van der Waals surface area contributed by atoms with Gasteiger partial charge in [0.05, 0.1) is 13.2 Å². The first-order valence-electron chi connectivity index (χ1n) is 7.15. The zero-order valence-electron chi connectivity index (χ0n) is 13.5. The quantitative estimate of drug-likeness (QED) is 0.573. The van der Waals surface area contributed by atoms with Crippen LogP contribution in [0, 0.1) is 0 Å². The van der Waals surface area contributed by atoms with Crippen LogP contribution < -0.4 is 10.2 Å². The molecule has 0 saturated carbocycles. The lowest BCUT2D eigenvalue weighted by Gasteiger charge is -2.24. The van der Waals surface area contributed by atoms with Crippen LogP contribution in [0.15, 0.2) is 24.3 Å². The molecule has 0 amide bonds. The first kappa shape index (κ1) is 18.4. The number of benzene rings is 1. The molecular formula is C14H26NO4PSi. The lowest BCUT2D eigenvalue weighted by Crippen LogP contribution is -2.29. The normalized spacial score (nSPS) is 14.0. The average molecular weight is 331 g/mol. The Morgan fingerprint density at radius 1 is 1.10 bits per heavy atom. The Labute approximate surface area is 128 Å². The highest BCUT2D eigenvalue weighted by Crippen LogP contribution is 2.58. The summed E-state index contributed by atoms with van der Waals surface area (Å²) in [5.74, 6) is 0.00565. The van der Waals surface area contributed by atoms with E-state index in [4.69, 9.17) is 19.2 Å². The number of rotatable bonds is 8. The minimum atomic E-state index is -3.34. The lowest BCUT2D eigenvalue weighted by atomic mass is 10.2. The molecule has 120 valence electrons. The van der Waals surface area contributed by atoms with E-state index >= 15 is 0 Å². The molecule has 0 aliphatic carbocycles. The van der Waals surface area contributed by atoms with E-state index in [9.17, 15) is 4.57 Å². The third-order valence-electron chi connectivity index (χ3n) is 2.60. The second kappa shape index (κ2) is 7.56. The largest absolute Gasteiger partial charge is 0.544 e. The van der Waals surface area contributed by atoms with Gasteiger partial charge in [-0.25, -0.2) is 0 Å². The van der Waals surface area contributed by atoms with Crippen molar-refractivity contribution in [1.82, 2.24) is 0 Å². The summed E-state index contributed by atoms with van der Waals surface area (Å²) in [5, 5.41) is 0. The second-order valence-electron chi connectivity index (χ2n) is 5.60. The summed E-state index contributed by atoms with van der Waals surface area (Å²) >= 11 is 0. The average Bonchev–Trinajstić information content (AvgIpc) is 2.37. The van der Waals surface area contributed by atoms with Gasteiger partial charge in [-0.05, 0) is 51.2 Å². The van der Waals surface area contributed by atoms with Crippen LogP contribution in [-0.4, -0.2) is 21.5 Å². The molecule has 0 aliphatic heterocycles. The van der Waals surface area contributed by atoms with Crippen molar-refractivity contribution in [3.05, 3.63) is 29.8 Å². The van der Waals surface area contributed by atoms with Crippen LogP contribution in [-0.2, 0) is 13.6 Å². The van der Waals surface area contributed by atoms with E-state index in [1.54, 1.807) is 13.8 Å². The van der Waals surface area contributed by atoms with Gasteiger partial charge in [-0.15, -0.1) is 0 Å². The van der Waals surface area contributed by atoms with Gasteiger partial charge in [0.15, 0.2) is 0 Å². The Morgan fingerprint density at radius 2 is 1.57 bits per heavy atom. The van der Waals surface area contributed by atoms with Gasteiger partial charge in [0.2, 0.25) is 8.32 Å². The first-order chi connectivity index (χ1) is 9.72. The second-order valence-corrected chi connectivity index (χ2v) is 12.2. The van der Waals surface area contributed by atoms with E-state index in [1.807, 2.05) is 24.3 Å². The number of hydrogen-bond acceptors (Lipinski definition) is 5. The fourth-order valence-corrected chi connectivity index (χ4v) is 4.32. The molecule has 0 bridgehead atoms. The van der Waals surface area contributed by atoms with Gasteiger partial charge >= 0.3 is 7.60 Å². The van der Waals surface area contributed by atoms with Crippen molar-refractivity contribution in [2.24, 2.45) is 5.73 Å². The molecule has 0 radical (unpaired) electrons. The molecule has 0 spiro atoms. The Morgan fingerprint density at radius 3 is 1.95 bits per heavy atom. The molecule has 0 heterocycles. The van der Waals surface area contributed by atoms with Crippen LogP contribution in [0.4, 0.5) is 0 Å². The third-order valence-corrected chi connectivity index (χ3v) is 5.67. The molecule has 2 N–H and O–H groups in total. The van der Waals surface area contributed by atoms with Crippen LogP contribution in [0.5, 0.6) is 5.75 Å². The van der Waals surface area contributed by atoms with Crippen molar-refractivity contribution >= 4 is 15.9 Å². The Kier molecular flexibility index (Phi) is 6.62. The standard InChI is InChI=1S/C14H26NO4PSi/c1-6-17-20(16,18-7-2)14(15)12-8-10-13(11-9-12)19-21(3,4)5/h8-11,14H,6-7,15H2,1-5H3/t14-/m0/s1. The van der Waals surface area contributed by atoms with Gasteiger partial charge in [-0.2, -0.15) is 0 Å². The molecular weight excluding hydrogens is 305 g/mol. The van der Waals surface area contributed by atoms with Crippen LogP contribution >= 0.6 is 7.60 Å². The van der Waals surface area contributed by atoms with Crippen LogP contribution in [0.3, 0.4) is 0 Å². The van der Waals surface area contributed by atoms with Gasteiger partial charge in [0.25, 0.3) is 0 Å². The van der Waals surface area contributed by atoms with Crippen LogP contribution in [0.1, 0.15) is 25.2 Å². The molecule has 0 saturated heterocycles. The van der Waals surface area contributed by atoms with Gasteiger partial charge < -0.3 is 19.2 Å². The highest BCUT2D eigenvalue weighted by atomic mass is 31.2. The topological polar surface area (TPSA) is 70.8 Å². The summed E-state index contributed by atoms with van der Waals surface area (Å²) in [6.45, 7) is 10.5. The van der Waals surface area contributed by atoms with E-state index in [-0.39, 0.29) is 0 Å². The Hall–Kier alpha value is -0.653. The fraction of sp³-hybridized carbons (Fsp3) is 0.571. The van der Waals surface area contributed by atoms with Gasteiger partial charge in [-0.1, -0.05) is 12.1 Å². The summed E-state index contributed by atoms with van der Waals surface area (Å²) in [5.41, 5.74) is 6.79. The van der Waals surface area contributed by atoms with Crippen molar-refractivity contribution in [2.75, 3.05) is 13.2 Å². The monoisotopic (exact) mass is 331 g/mol. The summed E-state index contributed by atoms with van der Waals surface area (Å²) < 4.78 is 29.1. The molecule has 1 aromatic rings. The molecule has 1 atom stereocenters. The van der Waals surface area contributed by atoms with Gasteiger partial charge in [-0.3, -0.25) is 4.57 Å². The van der Waals surface area contributed by atoms with Crippen molar-refractivity contribution in [3.8, 4) is 5.75 Å². The minimum Gasteiger partial charge on any atom is -0.544 e. The number of hydrogen-bond donors (Lipinski definition) is 1. The maximum atomic E-state index is 12.6. The van der Waals surface area contributed by atoms with E-state index in [0.717, 1.165) is 5.75 Å². The molecule has 5 nitrogen and oxygen atoms in total. The molecule has 0 fully saturated rings. The van der Waals surface area contributed by atoms with Gasteiger partial charge in [0.1, 0.15) is 11.5 Å². The molecule has 0 unspecified atom stereocenters. The predicted octanol–water partition coefficient (Wildman–Crippen LogP) is 4.12. The van der Waals surface area contributed by atoms with E-state index in [1.165, 1.54) is 0 Å². The fourth-order valence-electron chi connectivity index (χ4n) is 1.83. The zero-order valence-corrected chi connectivity index (χ0v) is 15.4. The maximum Gasteiger partial charge on any atom is 0.351 e. The zero-order chi connectivity index (χ0) is 16.1. The molecule has 1 rings (SSSR count). The van der Waals surface area contributed by atoms with E-state index < -0.39 is 21.7 Å². The van der Waals surface area contributed by atoms with Crippen molar-refractivity contribution < 1.29 is 18.0 Å². The molecule has 0 aromatic heterocycles. The lowest BCUT2D eigenvalue weighted by molar-refractivity contribution is 0.212. The minimum absolute atomic E-state index is 0.293. The molecule has 1 aromatic carbocycles. The van der Waals surface area contributed by atoms with E-state index in [2.05, 4.69) is 19.6 Å². The highest BCUT2D eigenvalue weighted by Gasteiger charge is 2.33. The summed E-state index contributed by atoms with van der Waals surface area (Å²) in [7, 11) is -4.98. The predicted molar refractivity (Wildman–Crippen MR) is 88.2 cm³/mol. The summed E-state index contributed by atoms with van der Waals surface area (Å²) in [6, 6.07) is 7.31. The maximum absolute atomic E-state index is 12.6. The molecule has 7 heteroatoms. The molecule has 0 aliphatic rings.